The number of esters is 1. The second kappa shape index (κ2) is 7.29. The van der Waals surface area contributed by atoms with Crippen LogP contribution in [0, 0.1) is 11.3 Å². The van der Waals surface area contributed by atoms with Crippen LogP contribution in [0.4, 0.5) is 0 Å². The molecule has 1 heterocycles. The number of nitrogens with zero attached hydrogens (tertiary/aromatic N) is 2. The lowest BCUT2D eigenvalue weighted by Crippen LogP contribution is -2.45. The predicted molar refractivity (Wildman–Crippen MR) is 91.0 cm³/mol. The molecule has 122 valence electrons. The van der Waals surface area contributed by atoms with E-state index >= 15 is 0 Å². The van der Waals surface area contributed by atoms with Gasteiger partial charge in [0, 0.05) is 13.1 Å². The second-order valence-corrected chi connectivity index (χ2v) is 5.95. The average Bonchev–Trinajstić information content (AvgIpc) is 2.62. The largest absolute Gasteiger partial charge is 0.465 e. The monoisotopic (exact) mass is 320 g/mol. The molecule has 0 amide bonds. The highest BCUT2D eigenvalue weighted by atomic mass is 16.5. The maximum Gasteiger partial charge on any atom is 0.323 e. The first-order valence-corrected chi connectivity index (χ1v) is 8.17. The number of rotatable bonds is 4. The minimum Gasteiger partial charge on any atom is -0.465 e. The molecule has 0 aliphatic carbocycles. The first-order chi connectivity index (χ1) is 11.7. The van der Waals surface area contributed by atoms with Crippen LogP contribution in [0.5, 0.6) is 0 Å². The van der Waals surface area contributed by atoms with Crippen molar-refractivity contribution < 1.29 is 9.53 Å². The van der Waals surface area contributed by atoms with Crippen LogP contribution in [0.1, 0.15) is 29.2 Å². The summed E-state index contributed by atoms with van der Waals surface area (Å²) in [5.74, 6) is -0.166. The summed E-state index contributed by atoms with van der Waals surface area (Å²) < 4.78 is 5.28. The molecule has 0 fully saturated rings. The Labute approximate surface area is 142 Å². The molecule has 0 saturated heterocycles. The highest BCUT2D eigenvalue weighted by Gasteiger charge is 2.32. The maximum atomic E-state index is 12.4. The maximum absolute atomic E-state index is 12.4. The van der Waals surface area contributed by atoms with Crippen molar-refractivity contribution in [3.8, 4) is 6.07 Å². The molecule has 1 unspecified atom stereocenters. The van der Waals surface area contributed by atoms with E-state index in [4.69, 9.17) is 10.00 Å². The van der Waals surface area contributed by atoms with Gasteiger partial charge in [0.05, 0.1) is 18.2 Å². The number of benzene rings is 2. The molecule has 4 nitrogen and oxygen atoms in total. The van der Waals surface area contributed by atoms with E-state index in [1.165, 1.54) is 11.1 Å². The fourth-order valence-corrected chi connectivity index (χ4v) is 3.13. The van der Waals surface area contributed by atoms with Gasteiger partial charge in [0.15, 0.2) is 0 Å². The zero-order valence-electron chi connectivity index (χ0n) is 13.7. The molecule has 1 atom stereocenters. The van der Waals surface area contributed by atoms with Gasteiger partial charge in [0.2, 0.25) is 0 Å². The van der Waals surface area contributed by atoms with Crippen LogP contribution < -0.4 is 0 Å². The molecule has 1 aliphatic heterocycles. The number of hydrogen-bond acceptors (Lipinski definition) is 4. The SMILES string of the molecule is CCOC(=O)C1Cc2ccccc2CN1Cc1ccc(C#N)cc1. The van der Waals surface area contributed by atoms with Gasteiger partial charge < -0.3 is 4.74 Å². The Morgan fingerprint density at radius 2 is 1.92 bits per heavy atom. The molecular weight excluding hydrogens is 300 g/mol. The fraction of sp³-hybridized carbons (Fsp3) is 0.300. The van der Waals surface area contributed by atoms with Gasteiger partial charge in [-0.3, -0.25) is 9.69 Å². The average molecular weight is 320 g/mol. The number of carbonyl (C=O) groups is 1. The quantitative estimate of drug-likeness (QED) is 0.813. The van der Waals surface area contributed by atoms with E-state index in [2.05, 4.69) is 23.1 Å². The van der Waals surface area contributed by atoms with E-state index < -0.39 is 0 Å². The summed E-state index contributed by atoms with van der Waals surface area (Å²) in [4.78, 5) is 14.6. The number of fused-ring (bicyclic) bond motifs is 1. The lowest BCUT2D eigenvalue weighted by molar-refractivity contribution is -0.150. The van der Waals surface area contributed by atoms with Crippen molar-refractivity contribution in [2.45, 2.75) is 32.5 Å². The Kier molecular flexibility index (Phi) is 4.93. The van der Waals surface area contributed by atoms with Crippen molar-refractivity contribution in [3.05, 3.63) is 70.8 Å². The molecule has 0 bridgehead atoms. The molecular formula is C20H20N2O2. The van der Waals surface area contributed by atoms with Crippen LogP contribution in [0.2, 0.25) is 0 Å². The van der Waals surface area contributed by atoms with E-state index in [1.807, 2.05) is 43.3 Å². The molecule has 0 aromatic heterocycles. The third-order valence-corrected chi connectivity index (χ3v) is 4.37. The zero-order valence-corrected chi connectivity index (χ0v) is 13.7. The number of hydrogen-bond donors (Lipinski definition) is 0. The van der Waals surface area contributed by atoms with E-state index in [0.29, 0.717) is 25.1 Å². The highest BCUT2D eigenvalue weighted by Crippen LogP contribution is 2.25. The van der Waals surface area contributed by atoms with Crippen LogP contribution in [0.25, 0.3) is 0 Å². The third-order valence-electron chi connectivity index (χ3n) is 4.37. The van der Waals surface area contributed by atoms with Crippen LogP contribution in [0.3, 0.4) is 0 Å². The molecule has 2 aromatic carbocycles. The Morgan fingerprint density at radius 1 is 1.21 bits per heavy atom. The summed E-state index contributed by atoms with van der Waals surface area (Å²) in [7, 11) is 0. The topological polar surface area (TPSA) is 53.3 Å². The summed E-state index contributed by atoms with van der Waals surface area (Å²) in [5, 5.41) is 8.91. The molecule has 1 aliphatic rings. The standard InChI is InChI=1S/C20H20N2O2/c1-2-24-20(23)19-11-17-5-3-4-6-18(17)14-22(19)13-16-9-7-15(12-21)8-10-16/h3-10,19H,2,11,13-14H2,1H3. The summed E-state index contributed by atoms with van der Waals surface area (Å²) in [6.45, 7) is 3.60. The van der Waals surface area contributed by atoms with Gasteiger partial charge in [-0.1, -0.05) is 36.4 Å². The molecule has 4 heteroatoms. The van der Waals surface area contributed by atoms with Crippen molar-refractivity contribution in [1.29, 1.82) is 5.26 Å². The van der Waals surface area contributed by atoms with Gasteiger partial charge in [-0.05, 0) is 42.2 Å². The highest BCUT2D eigenvalue weighted by molar-refractivity contribution is 5.76. The minimum absolute atomic E-state index is 0.166. The Balaban J connectivity index is 1.84. The van der Waals surface area contributed by atoms with Crippen molar-refractivity contribution >= 4 is 5.97 Å². The van der Waals surface area contributed by atoms with E-state index in [9.17, 15) is 4.79 Å². The smallest absolute Gasteiger partial charge is 0.323 e. The lowest BCUT2D eigenvalue weighted by Gasteiger charge is -2.35. The Morgan fingerprint density at radius 3 is 2.58 bits per heavy atom. The third kappa shape index (κ3) is 3.47. The summed E-state index contributed by atoms with van der Waals surface area (Å²) in [6, 6.07) is 17.6. The van der Waals surface area contributed by atoms with Crippen LogP contribution in [0.15, 0.2) is 48.5 Å². The first kappa shape index (κ1) is 16.2. The van der Waals surface area contributed by atoms with Crippen LogP contribution in [-0.4, -0.2) is 23.5 Å². The fourth-order valence-electron chi connectivity index (χ4n) is 3.13. The van der Waals surface area contributed by atoms with Gasteiger partial charge in [-0.2, -0.15) is 5.26 Å². The van der Waals surface area contributed by atoms with Gasteiger partial charge >= 0.3 is 5.97 Å². The van der Waals surface area contributed by atoms with Crippen molar-refractivity contribution in [1.82, 2.24) is 4.90 Å². The first-order valence-electron chi connectivity index (χ1n) is 8.17. The number of ether oxygens (including phenoxy) is 1. The van der Waals surface area contributed by atoms with Gasteiger partial charge in [-0.15, -0.1) is 0 Å². The molecule has 0 spiro atoms. The van der Waals surface area contributed by atoms with E-state index in [-0.39, 0.29) is 12.0 Å². The van der Waals surface area contributed by atoms with Gasteiger partial charge in [0.1, 0.15) is 6.04 Å². The Bertz CT molecular complexity index is 762. The Hall–Kier alpha value is -2.64. The second-order valence-electron chi connectivity index (χ2n) is 5.95. The van der Waals surface area contributed by atoms with E-state index in [1.54, 1.807) is 0 Å². The van der Waals surface area contributed by atoms with Crippen molar-refractivity contribution in [3.63, 3.8) is 0 Å². The van der Waals surface area contributed by atoms with Crippen LogP contribution >= 0.6 is 0 Å². The van der Waals surface area contributed by atoms with E-state index in [0.717, 1.165) is 12.1 Å². The van der Waals surface area contributed by atoms with Crippen LogP contribution in [-0.2, 0) is 29.0 Å². The lowest BCUT2D eigenvalue weighted by atomic mass is 9.93. The molecule has 0 N–H and O–H groups in total. The molecule has 0 radical (unpaired) electrons. The zero-order chi connectivity index (χ0) is 16.9. The van der Waals surface area contributed by atoms with Gasteiger partial charge in [0.25, 0.3) is 0 Å². The summed E-state index contributed by atoms with van der Waals surface area (Å²) in [5.41, 5.74) is 4.20. The minimum atomic E-state index is -0.268. The molecule has 2 aromatic rings. The summed E-state index contributed by atoms with van der Waals surface area (Å²) in [6.07, 6.45) is 0.672. The number of nitriles is 1. The molecule has 24 heavy (non-hydrogen) atoms. The van der Waals surface area contributed by atoms with Gasteiger partial charge in [-0.25, -0.2) is 0 Å². The normalized spacial score (nSPS) is 16.9. The molecule has 0 saturated carbocycles. The number of carbonyl (C=O) groups excluding carboxylic acids is 1. The van der Waals surface area contributed by atoms with Crippen molar-refractivity contribution in [2.75, 3.05) is 6.61 Å². The summed E-state index contributed by atoms with van der Waals surface area (Å²) >= 11 is 0. The predicted octanol–water partition coefficient (Wildman–Crippen LogP) is 3.05. The molecule has 3 rings (SSSR count). The van der Waals surface area contributed by atoms with Crippen molar-refractivity contribution in [2.24, 2.45) is 0 Å².